The summed E-state index contributed by atoms with van der Waals surface area (Å²) in [5.74, 6) is 0.282. The fourth-order valence-electron chi connectivity index (χ4n) is 4.55. The predicted molar refractivity (Wildman–Crippen MR) is 125 cm³/mol. The van der Waals surface area contributed by atoms with E-state index in [0.717, 1.165) is 11.1 Å². The minimum absolute atomic E-state index is 0.250. The van der Waals surface area contributed by atoms with Crippen LogP contribution in [0.3, 0.4) is 0 Å². The third-order valence-corrected chi connectivity index (χ3v) is 6.45. The molecule has 5 N–H and O–H groups in total. The highest BCUT2D eigenvalue weighted by molar-refractivity contribution is 5.85. The maximum atomic E-state index is 14.8. The summed E-state index contributed by atoms with van der Waals surface area (Å²) in [4.78, 5) is 0. The maximum Gasteiger partial charge on any atom is 0.163 e. The molecule has 1 saturated carbocycles. The number of aliphatic hydroxyl groups is 5. The number of fused-ring (bicyclic) bond motifs is 1. The quantitative estimate of drug-likeness (QED) is 0.388. The van der Waals surface area contributed by atoms with Gasteiger partial charge < -0.3 is 34.8 Å². The molecule has 1 aromatic heterocycles. The molecular formula is C26H32FNO6. The van der Waals surface area contributed by atoms with Gasteiger partial charge in [-0.3, -0.25) is 0 Å². The number of hydrogen-bond donors (Lipinski definition) is 5. The molecule has 0 unspecified atom stereocenters. The average molecular weight is 474 g/mol. The Morgan fingerprint density at radius 1 is 0.971 bits per heavy atom. The lowest BCUT2D eigenvalue weighted by atomic mass is 9.98. The van der Waals surface area contributed by atoms with Gasteiger partial charge in [0.2, 0.25) is 0 Å². The summed E-state index contributed by atoms with van der Waals surface area (Å²) in [6, 6.07) is 13.1. The summed E-state index contributed by atoms with van der Waals surface area (Å²) in [6.07, 6.45) is -1.82. The van der Waals surface area contributed by atoms with Crippen molar-refractivity contribution in [3.63, 3.8) is 0 Å². The summed E-state index contributed by atoms with van der Waals surface area (Å²) in [5, 5.41) is 48.3. The average Bonchev–Trinajstić information content (AvgIpc) is 3.62. The number of ether oxygens (including phenoxy) is 1. The zero-order valence-corrected chi connectivity index (χ0v) is 19.1. The van der Waals surface area contributed by atoms with Gasteiger partial charge in [-0.05, 0) is 60.9 Å². The summed E-state index contributed by atoms with van der Waals surface area (Å²) in [7, 11) is 0. The first kappa shape index (κ1) is 24.8. The SMILES string of the molecule is CCO.OC[C@H]1O[C@@H](n2cc(Cc3ccc(C4CC4)cc3)c3c(F)cccc32)[C@H](O)[C@@H](O)[C@@H]1O. The van der Waals surface area contributed by atoms with Crippen molar-refractivity contribution in [2.24, 2.45) is 0 Å². The zero-order chi connectivity index (χ0) is 24.4. The van der Waals surface area contributed by atoms with Gasteiger partial charge in [-0.25, -0.2) is 4.39 Å². The monoisotopic (exact) mass is 473 g/mol. The van der Waals surface area contributed by atoms with Crippen molar-refractivity contribution in [3.05, 3.63) is 71.2 Å². The van der Waals surface area contributed by atoms with Crippen molar-refractivity contribution in [2.75, 3.05) is 13.2 Å². The molecule has 5 atom stereocenters. The summed E-state index contributed by atoms with van der Waals surface area (Å²) in [5.41, 5.74) is 3.61. The third kappa shape index (κ3) is 4.88. The second-order valence-corrected chi connectivity index (χ2v) is 8.92. The van der Waals surface area contributed by atoms with E-state index in [1.165, 1.54) is 24.5 Å². The van der Waals surface area contributed by atoms with E-state index in [4.69, 9.17) is 9.84 Å². The zero-order valence-electron chi connectivity index (χ0n) is 19.1. The van der Waals surface area contributed by atoms with Gasteiger partial charge in [-0.1, -0.05) is 30.3 Å². The van der Waals surface area contributed by atoms with Crippen molar-refractivity contribution < 1.29 is 34.7 Å². The van der Waals surface area contributed by atoms with Crippen LogP contribution in [-0.2, 0) is 11.2 Å². The molecule has 2 heterocycles. The summed E-state index contributed by atoms with van der Waals surface area (Å²) in [6.45, 7) is 1.41. The highest BCUT2D eigenvalue weighted by atomic mass is 19.1. The van der Waals surface area contributed by atoms with Crippen LogP contribution in [0.25, 0.3) is 10.9 Å². The Morgan fingerprint density at radius 2 is 1.65 bits per heavy atom. The molecule has 0 amide bonds. The Hall–Kier alpha value is -2.33. The molecule has 1 aliphatic heterocycles. The highest BCUT2D eigenvalue weighted by Crippen LogP contribution is 2.40. The topological polar surface area (TPSA) is 115 Å². The minimum atomic E-state index is -1.50. The Labute approximate surface area is 197 Å². The third-order valence-electron chi connectivity index (χ3n) is 6.45. The maximum absolute atomic E-state index is 14.8. The van der Waals surface area contributed by atoms with Gasteiger partial charge in [0.05, 0.1) is 12.1 Å². The molecule has 0 spiro atoms. The molecule has 0 bridgehead atoms. The summed E-state index contributed by atoms with van der Waals surface area (Å²) < 4.78 is 22.1. The molecular weight excluding hydrogens is 441 g/mol. The number of aliphatic hydroxyl groups excluding tert-OH is 5. The summed E-state index contributed by atoms with van der Waals surface area (Å²) >= 11 is 0. The second kappa shape index (κ2) is 10.5. The Kier molecular flexibility index (Phi) is 7.67. The van der Waals surface area contributed by atoms with Gasteiger partial charge in [0, 0.05) is 18.2 Å². The molecule has 184 valence electrons. The van der Waals surface area contributed by atoms with Gasteiger partial charge in [0.1, 0.15) is 30.2 Å². The molecule has 1 aliphatic carbocycles. The van der Waals surface area contributed by atoms with Crippen LogP contribution in [0.4, 0.5) is 4.39 Å². The number of benzene rings is 2. The second-order valence-electron chi connectivity index (χ2n) is 8.92. The van der Waals surface area contributed by atoms with Crippen molar-refractivity contribution >= 4 is 10.9 Å². The van der Waals surface area contributed by atoms with Crippen LogP contribution in [0.5, 0.6) is 0 Å². The minimum Gasteiger partial charge on any atom is -0.397 e. The molecule has 2 aliphatic rings. The van der Waals surface area contributed by atoms with Crippen LogP contribution in [0, 0.1) is 5.82 Å². The molecule has 8 heteroatoms. The molecule has 1 saturated heterocycles. The predicted octanol–water partition coefficient (Wildman–Crippen LogP) is 2.22. The fraction of sp³-hybridized carbons (Fsp3) is 0.462. The largest absolute Gasteiger partial charge is 0.397 e. The number of nitrogens with zero attached hydrogens (tertiary/aromatic N) is 1. The fourth-order valence-corrected chi connectivity index (χ4v) is 4.55. The lowest BCUT2D eigenvalue weighted by molar-refractivity contribution is -0.250. The van der Waals surface area contributed by atoms with Crippen LogP contribution in [0.1, 0.15) is 48.6 Å². The smallest absolute Gasteiger partial charge is 0.163 e. The Balaban J connectivity index is 0.000000868. The van der Waals surface area contributed by atoms with Gasteiger partial charge >= 0.3 is 0 Å². The van der Waals surface area contributed by atoms with Crippen molar-refractivity contribution in [2.45, 2.75) is 62.7 Å². The van der Waals surface area contributed by atoms with Gasteiger partial charge in [0.25, 0.3) is 0 Å². The van der Waals surface area contributed by atoms with E-state index in [0.29, 0.717) is 23.2 Å². The molecule has 3 aromatic rings. The number of aromatic nitrogens is 1. The van der Waals surface area contributed by atoms with Gasteiger partial charge in [-0.15, -0.1) is 0 Å². The molecule has 7 nitrogen and oxygen atoms in total. The van der Waals surface area contributed by atoms with E-state index >= 15 is 0 Å². The Bertz CT molecular complexity index is 1090. The van der Waals surface area contributed by atoms with E-state index in [2.05, 4.69) is 24.3 Å². The molecule has 5 rings (SSSR count). The first-order valence-electron chi connectivity index (χ1n) is 11.7. The number of rotatable bonds is 5. The highest BCUT2D eigenvalue weighted by Gasteiger charge is 2.44. The first-order valence-corrected chi connectivity index (χ1v) is 11.7. The van der Waals surface area contributed by atoms with Crippen molar-refractivity contribution in [1.29, 1.82) is 0 Å². The standard InChI is InChI=1S/C24H26FNO5.C2H6O/c25-17-2-1-3-18-20(17)16(10-13-4-6-14(7-5-13)15-8-9-15)11-26(18)24-23(30)22(29)21(28)19(12-27)31-24;1-2-3/h1-7,11,15,19,21-24,27-30H,8-10,12H2;3H,2H2,1H3/t19-,21-,22+,23-,24-;/m1./s1. The lowest BCUT2D eigenvalue weighted by Crippen LogP contribution is -2.56. The van der Waals surface area contributed by atoms with E-state index < -0.39 is 37.3 Å². The Morgan fingerprint density at radius 3 is 2.26 bits per heavy atom. The molecule has 2 aromatic carbocycles. The normalized spacial score (nSPS) is 26.9. The van der Waals surface area contributed by atoms with Crippen LogP contribution in [0.2, 0.25) is 0 Å². The van der Waals surface area contributed by atoms with Crippen LogP contribution < -0.4 is 0 Å². The van der Waals surface area contributed by atoms with Crippen molar-refractivity contribution in [1.82, 2.24) is 4.57 Å². The van der Waals surface area contributed by atoms with E-state index in [9.17, 15) is 24.8 Å². The number of halogens is 1. The van der Waals surface area contributed by atoms with Crippen molar-refractivity contribution in [3.8, 4) is 0 Å². The van der Waals surface area contributed by atoms with Crippen LogP contribution in [-0.4, -0.2) is 67.7 Å². The van der Waals surface area contributed by atoms with E-state index in [1.807, 2.05) is 0 Å². The van der Waals surface area contributed by atoms with Crippen LogP contribution in [0.15, 0.2) is 48.7 Å². The first-order chi connectivity index (χ1) is 16.4. The molecule has 2 fully saturated rings. The number of hydrogen-bond acceptors (Lipinski definition) is 6. The van der Waals surface area contributed by atoms with Crippen LogP contribution >= 0.6 is 0 Å². The molecule has 0 radical (unpaired) electrons. The van der Waals surface area contributed by atoms with Gasteiger partial charge in [-0.2, -0.15) is 0 Å². The van der Waals surface area contributed by atoms with Gasteiger partial charge in [0.15, 0.2) is 6.23 Å². The van der Waals surface area contributed by atoms with E-state index in [1.54, 1.807) is 29.8 Å². The molecule has 34 heavy (non-hydrogen) atoms. The lowest BCUT2D eigenvalue weighted by Gasteiger charge is -2.40. The van der Waals surface area contributed by atoms with E-state index in [-0.39, 0.29) is 12.4 Å².